The molecule has 1 heterocycles. The Morgan fingerprint density at radius 2 is 2.14 bits per heavy atom. The fourth-order valence-corrected chi connectivity index (χ4v) is 1.42. The summed E-state index contributed by atoms with van der Waals surface area (Å²) in [5.41, 5.74) is 0.567. The molecular weight excluding hydrogens is 184 g/mol. The van der Waals surface area contributed by atoms with Crippen LogP contribution >= 0.6 is 0 Å². The Morgan fingerprint density at radius 1 is 1.36 bits per heavy atom. The molecule has 0 N–H and O–H groups in total. The van der Waals surface area contributed by atoms with E-state index in [1.165, 1.54) is 16.8 Å². The third kappa shape index (κ3) is 1.06. The summed E-state index contributed by atoms with van der Waals surface area (Å²) in [5.74, 6) is 0. The van der Waals surface area contributed by atoms with E-state index in [0.29, 0.717) is 17.3 Å². The van der Waals surface area contributed by atoms with Gasteiger partial charge in [-0.15, -0.1) is 0 Å². The maximum Gasteiger partial charge on any atom is 0.278 e. The molecule has 0 aliphatic rings. The van der Waals surface area contributed by atoms with Crippen LogP contribution in [0.15, 0.2) is 30.5 Å². The number of hydrogen-bond acceptors (Lipinski definition) is 3. The van der Waals surface area contributed by atoms with Crippen LogP contribution in [0.25, 0.3) is 10.9 Å². The Bertz CT molecular complexity index is 516. The van der Waals surface area contributed by atoms with Crippen LogP contribution in [0.2, 0.25) is 0 Å². The standard InChI is InChI=1S/C9H6N2O3/c12-6-10-5-4-7-8(10)2-1-3-9(7)11(13)14/h1-6H. The van der Waals surface area contributed by atoms with Crippen molar-refractivity contribution in [2.45, 2.75) is 0 Å². The second kappa shape index (κ2) is 2.95. The number of benzene rings is 1. The highest BCUT2D eigenvalue weighted by atomic mass is 16.6. The van der Waals surface area contributed by atoms with Gasteiger partial charge < -0.3 is 0 Å². The SMILES string of the molecule is O=Cn1ccc2c([N+](=O)[O-])cccc21. The number of carbonyl (C=O) groups excluding carboxylic acids is 1. The van der Waals surface area contributed by atoms with Gasteiger partial charge in [-0.05, 0) is 12.1 Å². The van der Waals surface area contributed by atoms with E-state index in [0.717, 1.165) is 0 Å². The summed E-state index contributed by atoms with van der Waals surface area (Å²) in [7, 11) is 0. The highest BCUT2D eigenvalue weighted by Crippen LogP contribution is 2.25. The Kier molecular flexibility index (Phi) is 1.78. The molecule has 1 aromatic heterocycles. The van der Waals surface area contributed by atoms with Crippen molar-refractivity contribution >= 4 is 23.0 Å². The van der Waals surface area contributed by atoms with Gasteiger partial charge in [-0.3, -0.25) is 19.5 Å². The van der Waals surface area contributed by atoms with E-state index in [-0.39, 0.29) is 5.69 Å². The van der Waals surface area contributed by atoms with Gasteiger partial charge in [0.25, 0.3) is 5.69 Å². The summed E-state index contributed by atoms with van der Waals surface area (Å²) in [6, 6.07) is 6.19. The Balaban J connectivity index is 2.82. The third-order valence-corrected chi connectivity index (χ3v) is 2.05. The van der Waals surface area contributed by atoms with Crippen molar-refractivity contribution in [2.24, 2.45) is 0 Å². The molecule has 0 saturated carbocycles. The van der Waals surface area contributed by atoms with Crippen LogP contribution in [-0.2, 0) is 4.79 Å². The number of carbonyl (C=O) groups is 1. The lowest BCUT2D eigenvalue weighted by molar-refractivity contribution is -0.383. The minimum atomic E-state index is -0.461. The first-order valence-corrected chi connectivity index (χ1v) is 3.93. The van der Waals surface area contributed by atoms with E-state index >= 15 is 0 Å². The van der Waals surface area contributed by atoms with Gasteiger partial charge in [-0.1, -0.05) is 6.07 Å². The number of nitrogens with zero attached hydrogens (tertiary/aromatic N) is 2. The molecular formula is C9H6N2O3. The Labute approximate surface area is 78.7 Å². The number of aromatic nitrogens is 1. The molecule has 0 aliphatic heterocycles. The van der Waals surface area contributed by atoms with Crippen molar-refractivity contribution in [1.82, 2.24) is 4.57 Å². The Morgan fingerprint density at radius 3 is 2.79 bits per heavy atom. The molecule has 70 valence electrons. The van der Waals surface area contributed by atoms with E-state index < -0.39 is 4.92 Å². The summed E-state index contributed by atoms with van der Waals surface area (Å²) in [6.07, 6.45) is 2.12. The molecule has 0 radical (unpaired) electrons. The molecule has 5 nitrogen and oxygen atoms in total. The molecule has 0 amide bonds. The van der Waals surface area contributed by atoms with Crippen LogP contribution in [-0.4, -0.2) is 15.9 Å². The second-order valence-corrected chi connectivity index (χ2v) is 2.80. The van der Waals surface area contributed by atoms with E-state index in [1.54, 1.807) is 18.2 Å². The zero-order chi connectivity index (χ0) is 10.1. The average molecular weight is 190 g/mol. The summed E-state index contributed by atoms with van der Waals surface area (Å²) in [4.78, 5) is 20.7. The van der Waals surface area contributed by atoms with Crippen LogP contribution in [0, 0.1) is 10.1 Å². The first kappa shape index (κ1) is 8.43. The fourth-order valence-electron chi connectivity index (χ4n) is 1.42. The smallest absolute Gasteiger partial charge is 0.278 e. The second-order valence-electron chi connectivity index (χ2n) is 2.80. The lowest BCUT2D eigenvalue weighted by Gasteiger charge is -1.95. The first-order valence-electron chi connectivity index (χ1n) is 3.93. The van der Waals surface area contributed by atoms with Crippen molar-refractivity contribution in [1.29, 1.82) is 0 Å². The number of fused-ring (bicyclic) bond motifs is 1. The van der Waals surface area contributed by atoms with Gasteiger partial charge in [0.15, 0.2) is 0 Å². The predicted molar refractivity (Wildman–Crippen MR) is 50.7 cm³/mol. The van der Waals surface area contributed by atoms with E-state index in [2.05, 4.69) is 0 Å². The Hall–Kier alpha value is -2.17. The number of nitro benzene ring substituents is 1. The fraction of sp³-hybridized carbons (Fsp3) is 0. The van der Waals surface area contributed by atoms with Crippen molar-refractivity contribution in [2.75, 3.05) is 0 Å². The highest BCUT2D eigenvalue weighted by Gasteiger charge is 2.12. The molecule has 0 atom stereocenters. The van der Waals surface area contributed by atoms with Crippen molar-refractivity contribution in [3.63, 3.8) is 0 Å². The lowest BCUT2D eigenvalue weighted by Crippen LogP contribution is -1.92. The summed E-state index contributed by atoms with van der Waals surface area (Å²) in [6.45, 7) is 0. The normalized spacial score (nSPS) is 10.3. The monoisotopic (exact) mass is 190 g/mol. The quantitative estimate of drug-likeness (QED) is 0.410. The van der Waals surface area contributed by atoms with Gasteiger partial charge in [-0.2, -0.15) is 0 Å². The minimum absolute atomic E-state index is 0.0168. The summed E-state index contributed by atoms with van der Waals surface area (Å²) in [5, 5.41) is 11.1. The number of rotatable bonds is 2. The molecule has 14 heavy (non-hydrogen) atoms. The van der Waals surface area contributed by atoms with Crippen LogP contribution in [0.3, 0.4) is 0 Å². The van der Waals surface area contributed by atoms with E-state index in [9.17, 15) is 14.9 Å². The molecule has 0 bridgehead atoms. The average Bonchev–Trinajstić information content (AvgIpc) is 2.59. The summed E-state index contributed by atoms with van der Waals surface area (Å²) < 4.78 is 1.31. The predicted octanol–water partition coefficient (Wildman–Crippen LogP) is 1.59. The molecule has 2 aromatic rings. The molecule has 2 rings (SSSR count). The topological polar surface area (TPSA) is 65.1 Å². The molecule has 0 saturated heterocycles. The van der Waals surface area contributed by atoms with Crippen LogP contribution < -0.4 is 0 Å². The molecule has 5 heteroatoms. The molecule has 0 fully saturated rings. The molecule has 1 aromatic carbocycles. The molecule has 0 unspecified atom stereocenters. The zero-order valence-corrected chi connectivity index (χ0v) is 7.08. The largest absolute Gasteiger partial charge is 0.290 e. The lowest BCUT2D eigenvalue weighted by atomic mass is 10.2. The molecule has 0 aliphatic carbocycles. The maximum atomic E-state index is 10.6. The van der Waals surface area contributed by atoms with E-state index in [1.807, 2.05) is 0 Å². The first-order chi connectivity index (χ1) is 6.74. The van der Waals surface area contributed by atoms with Gasteiger partial charge in [0.05, 0.1) is 15.8 Å². The number of non-ortho nitro benzene ring substituents is 1. The maximum absolute atomic E-state index is 10.6. The van der Waals surface area contributed by atoms with Gasteiger partial charge in [-0.25, -0.2) is 0 Å². The highest BCUT2D eigenvalue weighted by molar-refractivity contribution is 5.92. The van der Waals surface area contributed by atoms with Crippen molar-refractivity contribution in [3.05, 3.63) is 40.6 Å². The number of nitro groups is 1. The third-order valence-electron chi connectivity index (χ3n) is 2.05. The van der Waals surface area contributed by atoms with Crippen LogP contribution in [0.1, 0.15) is 0 Å². The number of hydrogen-bond donors (Lipinski definition) is 0. The van der Waals surface area contributed by atoms with Crippen molar-refractivity contribution in [3.8, 4) is 0 Å². The van der Waals surface area contributed by atoms with Gasteiger partial charge in [0, 0.05) is 12.3 Å². The van der Waals surface area contributed by atoms with Crippen molar-refractivity contribution < 1.29 is 9.72 Å². The van der Waals surface area contributed by atoms with E-state index in [4.69, 9.17) is 0 Å². The van der Waals surface area contributed by atoms with Gasteiger partial charge in [0.2, 0.25) is 6.41 Å². The van der Waals surface area contributed by atoms with Gasteiger partial charge in [0.1, 0.15) is 0 Å². The molecule has 0 spiro atoms. The van der Waals surface area contributed by atoms with Gasteiger partial charge >= 0.3 is 0 Å². The van der Waals surface area contributed by atoms with Crippen LogP contribution in [0.4, 0.5) is 5.69 Å². The zero-order valence-electron chi connectivity index (χ0n) is 7.08. The van der Waals surface area contributed by atoms with Crippen LogP contribution in [0.5, 0.6) is 0 Å². The summed E-state index contributed by atoms with van der Waals surface area (Å²) >= 11 is 0. The minimum Gasteiger partial charge on any atom is -0.290 e.